The first-order valence-electron chi connectivity index (χ1n) is 8.73. The van der Waals surface area contributed by atoms with Crippen LogP contribution in [0.2, 0.25) is 0 Å². The summed E-state index contributed by atoms with van der Waals surface area (Å²) >= 11 is 0. The molecule has 3 nitrogen and oxygen atoms in total. The van der Waals surface area contributed by atoms with Crippen LogP contribution in [0.4, 0.5) is 5.69 Å². The van der Waals surface area contributed by atoms with E-state index < -0.39 is 0 Å². The Kier molecular flexibility index (Phi) is 5.31. The van der Waals surface area contributed by atoms with E-state index >= 15 is 0 Å². The van der Waals surface area contributed by atoms with Crippen LogP contribution in [-0.4, -0.2) is 18.6 Å². The summed E-state index contributed by atoms with van der Waals surface area (Å²) in [7, 11) is 0. The lowest BCUT2D eigenvalue weighted by Crippen LogP contribution is -2.39. The number of rotatable bonds is 5. The van der Waals surface area contributed by atoms with Gasteiger partial charge in [-0.2, -0.15) is 0 Å². The SMILES string of the molecule is CC(C)N(C(=O)CO[C@@H]1CCCc2ccccc21)c1ccccc1. The van der Waals surface area contributed by atoms with E-state index in [0.717, 1.165) is 24.9 Å². The fraction of sp³-hybridized carbons (Fsp3) is 0.381. The highest BCUT2D eigenvalue weighted by atomic mass is 16.5. The van der Waals surface area contributed by atoms with E-state index in [9.17, 15) is 4.79 Å². The summed E-state index contributed by atoms with van der Waals surface area (Å²) in [5, 5.41) is 0. The summed E-state index contributed by atoms with van der Waals surface area (Å²) in [4.78, 5) is 14.6. The molecular weight excluding hydrogens is 298 g/mol. The van der Waals surface area contributed by atoms with E-state index in [-0.39, 0.29) is 24.7 Å². The minimum absolute atomic E-state index is 0.0132. The van der Waals surface area contributed by atoms with Crippen LogP contribution in [0.25, 0.3) is 0 Å². The molecule has 1 atom stereocenters. The predicted molar refractivity (Wildman–Crippen MR) is 97.1 cm³/mol. The molecule has 0 fully saturated rings. The van der Waals surface area contributed by atoms with Gasteiger partial charge in [0.1, 0.15) is 6.61 Å². The van der Waals surface area contributed by atoms with Crippen molar-refractivity contribution < 1.29 is 9.53 Å². The number of fused-ring (bicyclic) bond motifs is 1. The first kappa shape index (κ1) is 16.7. The zero-order valence-electron chi connectivity index (χ0n) is 14.4. The normalized spacial score (nSPS) is 16.7. The first-order chi connectivity index (χ1) is 11.7. The Morgan fingerprint density at radius 1 is 1.12 bits per heavy atom. The minimum Gasteiger partial charge on any atom is -0.364 e. The molecule has 0 spiro atoms. The topological polar surface area (TPSA) is 29.5 Å². The van der Waals surface area contributed by atoms with Gasteiger partial charge in [-0.25, -0.2) is 0 Å². The molecule has 2 aromatic rings. The summed E-state index contributed by atoms with van der Waals surface area (Å²) < 4.78 is 6.03. The molecule has 0 saturated carbocycles. The molecule has 126 valence electrons. The van der Waals surface area contributed by atoms with E-state index in [4.69, 9.17) is 4.74 Å². The lowest BCUT2D eigenvalue weighted by atomic mass is 9.89. The van der Waals surface area contributed by atoms with Crippen molar-refractivity contribution in [2.45, 2.75) is 45.3 Å². The Hall–Kier alpha value is -2.13. The fourth-order valence-electron chi connectivity index (χ4n) is 3.44. The number of amides is 1. The molecule has 0 aliphatic heterocycles. The standard InChI is InChI=1S/C21H25NO2/c1-16(2)22(18-11-4-3-5-12-18)21(23)15-24-20-14-8-10-17-9-6-7-13-19(17)20/h3-7,9,11-13,16,20H,8,10,14-15H2,1-2H3/t20-/m1/s1. The van der Waals surface area contributed by atoms with Crippen LogP contribution in [0, 0.1) is 0 Å². The van der Waals surface area contributed by atoms with Gasteiger partial charge in [0.25, 0.3) is 5.91 Å². The maximum atomic E-state index is 12.7. The van der Waals surface area contributed by atoms with Crippen molar-refractivity contribution in [1.82, 2.24) is 0 Å². The summed E-state index contributed by atoms with van der Waals surface area (Å²) in [6, 6.07) is 18.3. The summed E-state index contributed by atoms with van der Waals surface area (Å²) in [5.41, 5.74) is 3.52. The third-order valence-electron chi connectivity index (χ3n) is 4.54. The van der Waals surface area contributed by atoms with Crippen LogP contribution >= 0.6 is 0 Å². The van der Waals surface area contributed by atoms with Gasteiger partial charge in [-0.1, -0.05) is 42.5 Å². The first-order valence-corrected chi connectivity index (χ1v) is 8.73. The largest absolute Gasteiger partial charge is 0.364 e. The fourth-order valence-corrected chi connectivity index (χ4v) is 3.44. The van der Waals surface area contributed by atoms with E-state index in [1.54, 1.807) is 0 Å². The van der Waals surface area contributed by atoms with Gasteiger partial charge in [-0.3, -0.25) is 4.79 Å². The van der Waals surface area contributed by atoms with E-state index in [1.807, 2.05) is 55.1 Å². The molecule has 1 aliphatic rings. The number of para-hydroxylation sites is 1. The Labute approximate surface area is 144 Å². The van der Waals surface area contributed by atoms with Gasteiger partial charge in [0.05, 0.1) is 6.10 Å². The molecule has 3 heteroatoms. The Morgan fingerprint density at radius 3 is 2.58 bits per heavy atom. The highest BCUT2D eigenvalue weighted by Gasteiger charge is 2.24. The van der Waals surface area contributed by atoms with Crippen LogP contribution in [0.3, 0.4) is 0 Å². The van der Waals surface area contributed by atoms with Crippen LogP contribution in [0.5, 0.6) is 0 Å². The van der Waals surface area contributed by atoms with Crippen LogP contribution in [0.1, 0.15) is 43.9 Å². The lowest BCUT2D eigenvalue weighted by molar-refractivity contribution is -0.125. The average Bonchev–Trinajstić information content (AvgIpc) is 2.60. The van der Waals surface area contributed by atoms with Gasteiger partial charge >= 0.3 is 0 Å². The van der Waals surface area contributed by atoms with Gasteiger partial charge in [0, 0.05) is 11.7 Å². The van der Waals surface area contributed by atoms with Gasteiger partial charge in [0.15, 0.2) is 0 Å². The number of anilines is 1. The number of ether oxygens (including phenoxy) is 1. The monoisotopic (exact) mass is 323 g/mol. The van der Waals surface area contributed by atoms with E-state index in [1.165, 1.54) is 11.1 Å². The molecular formula is C21H25NO2. The molecule has 0 bridgehead atoms. The molecule has 0 N–H and O–H groups in total. The van der Waals surface area contributed by atoms with Crippen molar-refractivity contribution in [3.63, 3.8) is 0 Å². The molecule has 0 aromatic heterocycles. The summed E-state index contributed by atoms with van der Waals surface area (Å²) in [5.74, 6) is 0.0132. The highest BCUT2D eigenvalue weighted by molar-refractivity contribution is 5.94. The Bertz CT molecular complexity index is 681. The predicted octanol–water partition coefficient (Wildman–Crippen LogP) is 4.52. The minimum atomic E-state index is 0.0132. The van der Waals surface area contributed by atoms with Crippen molar-refractivity contribution >= 4 is 11.6 Å². The second kappa shape index (κ2) is 7.63. The maximum Gasteiger partial charge on any atom is 0.253 e. The number of aryl methyl sites for hydroxylation is 1. The van der Waals surface area contributed by atoms with Crippen molar-refractivity contribution in [2.24, 2.45) is 0 Å². The van der Waals surface area contributed by atoms with E-state index in [2.05, 4.69) is 18.2 Å². The molecule has 3 rings (SSSR count). The molecule has 0 radical (unpaired) electrons. The molecule has 1 amide bonds. The van der Waals surface area contributed by atoms with Crippen molar-refractivity contribution in [2.75, 3.05) is 11.5 Å². The number of hydrogen-bond donors (Lipinski definition) is 0. The quantitative estimate of drug-likeness (QED) is 0.809. The van der Waals surface area contributed by atoms with Crippen molar-refractivity contribution in [3.05, 3.63) is 65.7 Å². The van der Waals surface area contributed by atoms with Gasteiger partial charge in [-0.15, -0.1) is 0 Å². The van der Waals surface area contributed by atoms with Crippen molar-refractivity contribution in [3.8, 4) is 0 Å². The van der Waals surface area contributed by atoms with Crippen LogP contribution in [0.15, 0.2) is 54.6 Å². The van der Waals surface area contributed by atoms with Gasteiger partial charge in [-0.05, 0) is 56.4 Å². The number of benzene rings is 2. The molecule has 2 aromatic carbocycles. The Balaban J connectivity index is 1.69. The smallest absolute Gasteiger partial charge is 0.253 e. The number of carbonyl (C=O) groups excluding carboxylic acids is 1. The molecule has 1 aliphatic carbocycles. The summed E-state index contributed by atoms with van der Waals surface area (Å²) in [6.07, 6.45) is 3.23. The van der Waals surface area contributed by atoms with E-state index in [0.29, 0.717) is 0 Å². The average molecular weight is 323 g/mol. The second-order valence-electron chi connectivity index (χ2n) is 6.58. The van der Waals surface area contributed by atoms with Gasteiger partial charge < -0.3 is 9.64 Å². The maximum absolute atomic E-state index is 12.7. The van der Waals surface area contributed by atoms with Crippen LogP contribution < -0.4 is 4.90 Å². The van der Waals surface area contributed by atoms with Crippen molar-refractivity contribution in [1.29, 1.82) is 0 Å². The third-order valence-corrected chi connectivity index (χ3v) is 4.54. The highest BCUT2D eigenvalue weighted by Crippen LogP contribution is 2.32. The second-order valence-corrected chi connectivity index (χ2v) is 6.58. The third kappa shape index (κ3) is 3.68. The number of carbonyl (C=O) groups is 1. The number of hydrogen-bond acceptors (Lipinski definition) is 2. The molecule has 0 saturated heterocycles. The molecule has 0 heterocycles. The zero-order valence-corrected chi connectivity index (χ0v) is 14.4. The molecule has 24 heavy (non-hydrogen) atoms. The lowest BCUT2D eigenvalue weighted by Gasteiger charge is -2.29. The number of nitrogens with zero attached hydrogens (tertiary/aromatic N) is 1. The molecule has 0 unspecified atom stereocenters. The Morgan fingerprint density at radius 2 is 1.83 bits per heavy atom. The summed E-state index contributed by atoms with van der Waals surface area (Å²) in [6.45, 7) is 4.17. The zero-order chi connectivity index (χ0) is 16.9. The van der Waals surface area contributed by atoms with Crippen LogP contribution in [-0.2, 0) is 16.0 Å². The van der Waals surface area contributed by atoms with Gasteiger partial charge in [0.2, 0.25) is 0 Å².